The fourth-order valence-electron chi connectivity index (χ4n) is 2.47. The van der Waals surface area contributed by atoms with Gasteiger partial charge in [0, 0.05) is 11.4 Å². The summed E-state index contributed by atoms with van der Waals surface area (Å²) >= 11 is 1.50. The van der Waals surface area contributed by atoms with Gasteiger partial charge >= 0.3 is 5.97 Å². The number of thiophene rings is 1. The van der Waals surface area contributed by atoms with Gasteiger partial charge in [0.2, 0.25) is 0 Å². The molecule has 1 aromatic carbocycles. The van der Waals surface area contributed by atoms with E-state index in [2.05, 4.69) is 4.98 Å². The van der Waals surface area contributed by atoms with E-state index in [0.717, 1.165) is 15.3 Å². The highest BCUT2D eigenvalue weighted by atomic mass is 32.1. The van der Waals surface area contributed by atoms with E-state index >= 15 is 0 Å². The third kappa shape index (κ3) is 3.56. The summed E-state index contributed by atoms with van der Waals surface area (Å²) < 4.78 is 11.8. The summed E-state index contributed by atoms with van der Waals surface area (Å²) in [5, 5.41) is 0.633. The Labute approximate surface area is 148 Å². The van der Waals surface area contributed by atoms with Gasteiger partial charge in [-0.1, -0.05) is 0 Å². The molecule has 0 amide bonds. The lowest BCUT2D eigenvalue weighted by atomic mass is 10.2. The first kappa shape index (κ1) is 17.2. The number of rotatable bonds is 5. The van der Waals surface area contributed by atoms with Gasteiger partial charge in [-0.2, -0.15) is 0 Å². The maximum absolute atomic E-state index is 12.6. The molecule has 0 radical (unpaired) electrons. The Kier molecular flexibility index (Phi) is 4.85. The molecule has 3 aromatic rings. The van der Waals surface area contributed by atoms with Crippen LogP contribution in [0.2, 0.25) is 0 Å². The van der Waals surface area contributed by atoms with Crippen LogP contribution in [0.3, 0.4) is 0 Å². The van der Waals surface area contributed by atoms with Crippen molar-refractivity contribution in [3.63, 3.8) is 0 Å². The number of ether oxygens (including phenoxy) is 2. The average molecular weight is 358 g/mol. The van der Waals surface area contributed by atoms with Gasteiger partial charge < -0.3 is 9.47 Å². The first-order valence-electron chi connectivity index (χ1n) is 7.79. The molecule has 0 unspecified atom stereocenters. The van der Waals surface area contributed by atoms with Crippen LogP contribution in [0.4, 0.5) is 0 Å². The normalized spacial score (nSPS) is 10.8. The predicted octanol–water partition coefficient (Wildman–Crippen LogP) is 3.08. The number of nitrogens with zero attached hydrogens (tertiary/aromatic N) is 2. The minimum absolute atomic E-state index is 0.0846. The SMILES string of the molecule is COc1ccc(OC(=O)CCn2cnc3sc(C)c(C)c3c2=O)cc1. The Bertz CT molecular complexity index is 973. The number of esters is 1. The van der Waals surface area contributed by atoms with Crippen LogP contribution in [0.15, 0.2) is 35.4 Å². The van der Waals surface area contributed by atoms with E-state index in [1.165, 1.54) is 22.2 Å². The Morgan fingerprint density at radius 2 is 1.88 bits per heavy atom. The summed E-state index contributed by atoms with van der Waals surface area (Å²) in [5.41, 5.74) is 0.830. The highest BCUT2D eigenvalue weighted by Crippen LogP contribution is 2.25. The van der Waals surface area contributed by atoms with Crippen LogP contribution in [-0.2, 0) is 11.3 Å². The van der Waals surface area contributed by atoms with Crippen molar-refractivity contribution in [2.24, 2.45) is 0 Å². The van der Waals surface area contributed by atoms with Gasteiger partial charge in [-0.15, -0.1) is 11.3 Å². The van der Waals surface area contributed by atoms with Crippen LogP contribution in [0.1, 0.15) is 16.9 Å². The molecule has 0 saturated carbocycles. The van der Waals surface area contributed by atoms with Crippen LogP contribution < -0.4 is 15.0 Å². The Morgan fingerprint density at radius 1 is 1.20 bits per heavy atom. The first-order valence-corrected chi connectivity index (χ1v) is 8.61. The number of methoxy groups -OCH3 is 1. The second-order valence-corrected chi connectivity index (χ2v) is 6.81. The highest BCUT2D eigenvalue weighted by Gasteiger charge is 2.13. The monoisotopic (exact) mass is 358 g/mol. The topological polar surface area (TPSA) is 70.4 Å². The van der Waals surface area contributed by atoms with Crippen LogP contribution in [-0.4, -0.2) is 22.6 Å². The largest absolute Gasteiger partial charge is 0.497 e. The number of fused-ring (bicyclic) bond motifs is 1. The summed E-state index contributed by atoms with van der Waals surface area (Å²) in [6.07, 6.45) is 1.57. The molecule has 7 heteroatoms. The molecule has 0 bridgehead atoms. The molecule has 0 aliphatic carbocycles. The van der Waals surface area contributed by atoms with Crippen molar-refractivity contribution in [3.05, 3.63) is 51.4 Å². The molecule has 2 heterocycles. The summed E-state index contributed by atoms with van der Waals surface area (Å²) in [6.45, 7) is 4.11. The molecule has 0 aliphatic rings. The fourth-order valence-corrected chi connectivity index (χ4v) is 3.45. The van der Waals surface area contributed by atoms with E-state index in [0.29, 0.717) is 16.9 Å². The second-order valence-electron chi connectivity index (χ2n) is 5.61. The molecule has 0 aliphatic heterocycles. The second kappa shape index (κ2) is 7.06. The number of aryl methyl sites for hydroxylation is 3. The zero-order chi connectivity index (χ0) is 18.0. The lowest BCUT2D eigenvalue weighted by Crippen LogP contribution is -2.23. The molecule has 6 nitrogen and oxygen atoms in total. The molecular formula is C18H18N2O4S. The van der Waals surface area contributed by atoms with E-state index in [1.54, 1.807) is 31.4 Å². The maximum Gasteiger partial charge on any atom is 0.312 e. The lowest BCUT2D eigenvalue weighted by Gasteiger charge is -2.07. The van der Waals surface area contributed by atoms with E-state index < -0.39 is 5.97 Å². The van der Waals surface area contributed by atoms with Gasteiger partial charge in [0.05, 0.1) is 25.2 Å². The zero-order valence-electron chi connectivity index (χ0n) is 14.2. The quantitative estimate of drug-likeness (QED) is 0.518. The smallest absolute Gasteiger partial charge is 0.312 e. The molecule has 0 N–H and O–H groups in total. The van der Waals surface area contributed by atoms with Gasteiger partial charge in [-0.05, 0) is 43.7 Å². The molecular weight excluding hydrogens is 340 g/mol. The van der Waals surface area contributed by atoms with E-state index in [1.807, 2.05) is 13.8 Å². The van der Waals surface area contributed by atoms with Crippen molar-refractivity contribution in [2.75, 3.05) is 7.11 Å². The number of hydrogen-bond donors (Lipinski definition) is 0. The van der Waals surface area contributed by atoms with Crippen molar-refractivity contribution in [1.82, 2.24) is 9.55 Å². The van der Waals surface area contributed by atoms with Gasteiger partial charge in [-0.25, -0.2) is 4.98 Å². The molecule has 0 spiro atoms. The molecule has 25 heavy (non-hydrogen) atoms. The fraction of sp³-hybridized carbons (Fsp3) is 0.278. The molecule has 2 aromatic heterocycles. The maximum atomic E-state index is 12.6. The number of carbonyl (C=O) groups excluding carboxylic acids is 1. The Morgan fingerprint density at radius 3 is 2.56 bits per heavy atom. The summed E-state index contributed by atoms with van der Waals surface area (Å²) in [6, 6.07) is 6.75. The van der Waals surface area contributed by atoms with Gasteiger partial charge in [-0.3, -0.25) is 14.2 Å². The number of hydrogen-bond acceptors (Lipinski definition) is 6. The minimum Gasteiger partial charge on any atom is -0.497 e. The van der Waals surface area contributed by atoms with Crippen LogP contribution in [0, 0.1) is 13.8 Å². The van der Waals surface area contributed by atoms with Crippen molar-refractivity contribution >= 4 is 27.5 Å². The zero-order valence-corrected chi connectivity index (χ0v) is 15.1. The number of benzene rings is 1. The number of aromatic nitrogens is 2. The van der Waals surface area contributed by atoms with Crippen LogP contribution in [0.5, 0.6) is 11.5 Å². The Balaban J connectivity index is 1.69. The summed E-state index contributed by atoms with van der Waals surface area (Å²) in [7, 11) is 1.57. The molecule has 3 rings (SSSR count). The number of carbonyl (C=O) groups is 1. The van der Waals surface area contributed by atoms with Crippen molar-refractivity contribution < 1.29 is 14.3 Å². The third-order valence-electron chi connectivity index (χ3n) is 4.00. The van der Waals surface area contributed by atoms with Crippen molar-refractivity contribution in [3.8, 4) is 11.5 Å². The van der Waals surface area contributed by atoms with E-state index in [4.69, 9.17) is 9.47 Å². The predicted molar refractivity (Wildman–Crippen MR) is 96.6 cm³/mol. The van der Waals surface area contributed by atoms with Gasteiger partial charge in [0.25, 0.3) is 5.56 Å². The van der Waals surface area contributed by atoms with E-state index in [9.17, 15) is 9.59 Å². The Hall–Kier alpha value is -2.67. The summed E-state index contributed by atoms with van der Waals surface area (Å²) in [5.74, 6) is 0.721. The standard InChI is InChI=1S/C18H18N2O4S/c1-11-12(2)25-17-16(11)18(22)20(10-19-17)9-8-15(21)24-14-6-4-13(23-3)5-7-14/h4-7,10H,8-9H2,1-3H3. The minimum atomic E-state index is -0.407. The molecule has 0 fully saturated rings. The van der Waals surface area contributed by atoms with Gasteiger partial charge in [0.1, 0.15) is 16.3 Å². The van der Waals surface area contributed by atoms with Crippen LogP contribution in [0.25, 0.3) is 10.2 Å². The molecule has 130 valence electrons. The van der Waals surface area contributed by atoms with Crippen molar-refractivity contribution in [1.29, 1.82) is 0 Å². The van der Waals surface area contributed by atoms with Crippen molar-refractivity contribution in [2.45, 2.75) is 26.8 Å². The summed E-state index contributed by atoms with van der Waals surface area (Å²) in [4.78, 5) is 30.7. The third-order valence-corrected chi connectivity index (χ3v) is 5.12. The lowest BCUT2D eigenvalue weighted by molar-refractivity contribution is -0.134. The van der Waals surface area contributed by atoms with Gasteiger partial charge in [0.15, 0.2) is 0 Å². The highest BCUT2D eigenvalue weighted by molar-refractivity contribution is 7.18. The molecule has 0 atom stereocenters. The van der Waals surface area contributed by atoms with Crippen LogP contribution >= 0.6 is 11.3 Å². The molecule has 0 saturated heterocycles. The first-order chi connectivity index (χ1) is 12.0. The average Bonchev–Trinajstić information content (AvgIpc) is 2.90. The van der Waals surface area contributed by atoms with E-state index in [-0.39, 0.29) is 18.5 Å².